The molecular formula is C21H28N2OS. The standard InChI is InChI=1S/C21H28N2OS/c1-21(2,3)17-10-8-16(9-11-17)20(24)22-15-18(19-7-6-14-25-19)23-12-4-5-13-23/h6-11,14,18H,4-5,12-13,15H2,1-3H3,(H,22,24). The van der Waals surface area contributed by atoms with E-state index in [0.717, 1.165) is 18.7 Å². The second kappa shape index (κ2) is 7.71. The Morgan fingerprint density at radius 2 is 1.84 bits per heavy atom. The first-order chi connectivity index (χ1) is 11.9. The van der Waals surface area contributed by atoms with E-state index in [-0.39, 0.29) is 11.3 Å². The van der Waals surface area contributed by atoms with Crippen LogP contribution in [0.2, 0.25) is 0 Å². The van der Waals surface area contributed by atoms with Gasteiger partial charge >= 0.3 is 0 Å². The molecule has 134 valence electrons. The van der Waals surface area contributed by atoms with Gasteiger partial charge < -0.3 is 5.32 Å². The Labute approximate surface area is 155 Å². The number of hydrogen-bond donors (Lipinski definition) is 1. The Kier molecular flexibility index (Phi) is 5.60. The summed E-state index contributed by atoms with van der Waals surface area (Å²) in [4.78, 5) is 16.4. The fourth-order valence-corrected chi connectivity index (χ4v) is 4.22. The lowest BCUT2D eigenvalue weighted by Crippen LogP contribution is -2.36. The molecule has 3 nitrogen and oxygen atoms in total. The van der Waals surface area contributed by atoms with Crippen molar-refractivity contribution in [2.45, 2.75) is 45.1 Å². The number of hydrogen-bond acceptors (Lipinski definition) is 3. The summed E-state index contributed by atoms with van der Waals surface area (Å²) in [7, 11) is 0. The van der Waals surface area contributed by atoms with Crippen LogP contribution < -0.4 is 5.32 Å². The molecular weight excluding hydrogens is 328 g/mol. The zero-order chi connectivity index (χ0) is 17.9. The van der Waals surface area contributed by atoms with Gasteiger partial charge in [0, 0.05) is 17.0 Å². The van der Waals surface area contributed by atoms with Gasteiger partial charge in [0.2, 0.25) is 0 Å². The molecule has 1 N–H and O–H groups in total. The molecule has 1 fully saturated rings. The van der Waals surface area contributed by atoms with Crippen LogP contribution in [0.1, 0.15) is 60.5 Å². The summed E-state index contributed by atoms with van der Waals surface area (Å²) in [5, 5.41) is 5.27. The summed E-state index contributed by atoms with van der Waals surface area (Å²) < 4.78 is 0. The van der Waals surface area contributed by atoms with E-state index in [2.05, 4.69) is 60.6 Å². The van der Waals surface area contributed by atoms with Gasteiger partial charge in [-0.25, -0.2) is 0 Å². The number of benzene rings is 1. The monoisotopic (exact) mass is 356 g/mol. The van der Waals surface area contributed by atoms with Crippen molar-refractivity contribution in [3.05, 3.63) is 57.8 Å². The molecule has 2 heterocycles. The minimum absolute atomic E-state index is 0.0150. The van der Waals surface area contributed by atoms with Crippen molar-refractivity contribution < 1.29 is 4.79 Å². The maximum absolute atomic E-state index is 12.6. The molecule has 1 unspecified atom stereocenters. The van der Waals surface area contributed by atoms with Gasteiger partial charge in [-0.15, -0.1) is 11.3 Å². The molecule has 1 amide bonds. The lowest BCUT2D eigenvalue weighted by atomic mass is 9.87. The summed E-state index contributed by atoms with van der Waals surface area (Å²) in [6.07, 6.45) is 2.51. The summed E-state index contributed by atoms with van der Waals surface area (Å²) >= 11 is 1.78. The molecule has 2 aromatic rings. The van der Waals surface area contributed by atoms with Gasteiger partial charge in [-0.05, 0) is 60.5 Å². The highest BCUT2D eigenvalue weighted by atomic mass is 32.1. The third-order valence-corrected chi connectivity index (χ3v) is 5.90. The first-order valence-electron chi connectivity index (χ1n) is 9.11. The highest BCUT2D eigenvalue weighted by molar-refractivity contribution is 7.10. The van der Waals surface area contributed by atoms with Crippen LogP contribution in [0.25, 0.3) is 0 Å². The van der Waals surface area contributed by atoms with Gasteiger partial charge in [0.15, 0.2) is 0 Å². The topological polar surface area (TPSA) is 32.3 Å². The van der Waals surface area contributed by atoms with Crippen molar-refractivity contribution >= 4 is 17.2 Å². The molecule has 0 radical (unpaired) electrons. The van der Waals surface area contributed by atoms with E-state index >= 15 is 0 Å². The van der Waals surface area contributed by atoms with E-state index in [9.17, 15) is 4.79 Å². The highest BCUT2D eigenvalue weighted by Crippen LogP contribution is 2.28. The summed E-state index contributed by atoms with van der Waals surface area (Å²) in [5.74, 6) is 0.0150. The van der Waals surface area contributed by atoms with Crippen LogP contribution in [0.4, 0.5) is 0 Å². The highest BCUT2D eigenvalue weighted by Gasteiger charge is 2.25. The van der Waals surface area contributed by atoms with E-state index in [1.807, 2.05) is 12.1 Å². The lowest BCUT2D eigenvalue weighted by Gasteiger charge is -2.27. The van der Waals surface area contributed by atoms with Crippen molar-refractivity contribution in [1.82, 2.24) is 10.2 Å². The smallest absolute Gasteiger partial charge is 0.251 e. The second-order valence-corrected chi connectivity index (χ2v) is 8.79. The number of likely N-dealkylation sites (tertiary alicyclic amines) is 1. The number of carbonyl (C=O) groups is 1. The summed E-state index contributed by atoms with van der Waals surface area (Å²) in [5.41, 5.74) is 2.09. The van der Waals surface area contributed by atoms with Crippen molar-refractivity contribution in [1.29, 1.82) is 0 Å². The summed E-state index contributed by atoms with van der Waals surface area (Å²) in [6, 6.07) is 12.6. The minimum Gasteiger partial charge on any atom is -0.350 e. The van der Waals surface area contributed by atoms with E-state index in [1.54, 1.807) is 11.3 Å². The molecule has 1 aromatic carbocycles. The molecule has 1 aliphatic heterocycles. The maximum Gasteiger partial charge on any atom is 0.251 e. The zero-order valence-electron chi connectivity index (χ0n) is 15.4. The minimum atomic E-state index is 0.0150. The normalized spacial score (nSPS) is 16.8. The van der Waals surface area contributed by atoms with Crippen LogP contribution in [-0.4, -0.2) is 30.4 Å². The van der Waals surface area contributed by atoms with Crippen molar-refractivity contribution in [3.8, 4) is 0 Å². The molecule has 1 saturated heterocycles. The molecule has 3 rings (SSSR count). The maximum atomic E-state index is 12.6. The van der Waals surface area contributed by atoms with Gasteiger partial charge in [0.05, 0.1) is 6.04 Å². The number of carbonyl (C=O) groups excluding carboxylic acids is 1. The van der Waals surface area contributed by atoms with Crippen LogP contribution in [0.15, 0.2) is 41.8 Å². The Morgan fingerprint density at radius 1 is 1.16 bits per heavy atom. The number of amides is 1. The van der Waals surface area contributed by atoms with E-state index in [1.165, 1.54) is 23.3 Å². The van der Waals surface area contributed by atoms with Crippen LogP contribution in [0.5, 0.6) is 0 Å². The van der Waals surface area contributed by atoms with E-state index in [4.69, 9.17) is 0 Å². The van der Waals surface area contributed by atoms with Crippen LogP contribution in [0.3, 0.4) is 0 Å². The molecule has 0 aliphatic carbocycles. The third kappa shape index (κ3) is 4.50. The molecule has 4 heteroatoms. The fourth-order valence-electron chi connectivity index (χ4n) is 3.36. The molecule has 0 saturated carbocycles. The Hall–Kier alpha value is -1.65. The number of nitrogens with zero attached hydrogens (tertiary/aromatic N) is 1. The average molecular weight is 357 g/mol. The van der Waals surface area contributed by atoms with Gasteiger partial charge in [0.25, 0.3) is 5.91 Å². The molecule has 25 heavy (non-hydrogen) atoms. The molecule has 0 spiro atoms. The molecule has 1 aromatic heterocycles. The Bertz CT molecular complexity index is 680. The summed E-state index contributed by atoms with van der Waals surface area (Å²) in [6.45, 7) is 9.47. The van der Waals surface area contributed by atoms with Crippen molar-refractivity contribution in [2.24, 2.45) is 0 Å². The van der Waals surface area contributed by atoms with E-state index < -0.39 is 0 Å². The molecule has 1 atom stereocenters. The predicted molar refractivity (Wildman–Crippen MR) is 105 cm³/mol. The zero-order valence-corrected chi connectivity index (χ0v) is 16.2. The number of nitrogens with one attached hydrogen (secondary N) is 1. The Balaban J connectivity index is 1.65. The quantitative estimate of drug-likeness (QED) is 0.848. The second-order valence-electron chi connectivity index (χ2n) is 7.81. The predicted octanol–water partition coefficient (Wildman–Crippen LogP) is 4.61. The third-order valence-electron chi connectivity index (χ3n) is 4.92. The van der Waals surface area contributed by atoms with Crippen LogP contribution >= 0.6 is 11.3 Å². The number of thiophene rings is 1. The first kappa shape index (κ1) is 18.2. The van der Waals surface area contributed by atoms with Gasteiger partial charge in [0.1, 0.15) is 0 Å². The average Bonchev–Trinajstić information content (AvgIpc) is 3.28. The van der Waals surface area contributed by atoms with Crippen molar-refractivity contribution in [2.75, 3.05) is 19.6 Å². The fraction of sp³-hybridized carbons (Fsp3) is 0.476. The Morgan fingerprint density at radius 3 is 2.40 bits per heavy atom. The first-order valence-corrected chi connectivity index (χ1v) is 9.99. The number of rotatable bonds is 5. The molecule has 1 aliphatic rings. The van der Waals surface area contributed by atoms with Crippen LogP contribution in [-0.2, 0) is 5.41 Å². The van der Waals surface area contributed by atoms with E-state index in [0.29, 0.717) is 12.6 Å². The van der Waals surface area contributed by atoms with Crippen molar-refractivity contribution in [3.63, 3.8) is 0 Å². The van der Waals surface area contributed by atoms with Gasteiger partial charge in [-0.2, -0.15) is 0 Å². The SMILES string of the molecule is CC(C)(C)c1ccc(C(=O)NCC(c2cccs2)N2CCCC2)cc1. The van der Waals surface area contributed by atoms with Crippen LogP contribution in [0, 0.1) is 0 Å². The lowest BCUT2D eigenvalue weighted by molar-refractivity contribution is 0.0938. The van der Waals surface area contributed by atoms with Gasteiger partial charge in [-0.3, -0.25) is 9.69 Å². The largest absolute Gasteiger partial charge is 0.350 e. The molecule has 0 bridgehead atoms. The van der Waals surface area contributed by atoms with Gasteiger partial charge in [-0.1, -0.05) is 39.0 Å².